The molecule has 0 aliphatic heterocycles. The molecule has 3 aliphatic carbocycles. The molecule has 0 spiro atoms. The average Bonchev–Trinajstić information content (AvgIpc) is 3.62. The zero-order valence-corrected chi connectivity index (χ0v) is 40.2. The minimum Gasteiger partial charge on any atom is -0.310 e. The van der Waals surface area contributed by atoms with E-state index in [4.69, 9.17) is 0 Å². The Bertz CT molecular complexity index is 3070. The van der Waals surface area contributed by atoms with Crippen molar-refractivity contribution in [1.29, 1.82) is 0 Å². The van der Waals surface area contributed by atoms with Crippen LogP contribution in [-0.4, -0.2) is 0 Å². The molecule has 0 fully saturated rings. The van der Waals surface area contributed by atoms with Gasteiger partial charge in [0.05, 0.1) is 11.1 Å². The number of para-hydroxylation sites is 1. The number of benzene rings is 8. The van der Waals surface area contributed by atoms with Gasteiger partial charge in [0.25, 0.3) is 0 Å². The summed E-state index contributed by atoms with van der Waals surface area (Å²) in [6.45, 7) is 19.6. The van der Waals surface area contributed by atoms with Gasteiger partial charge in [-0.15, -0.1) is 0 Å². The molecule has 0 saturated carbocycles. The fraction of sp³-hybridized carbons (Fsp3) is 0.262. The van der Waals surface area contributed by atoms with E-state index in [1.165, 1.54) is 103 Å². The highest BCUT2D eigenvalue weighted by Crippen LogP contribution is 2.60. The number of nitrogens with zero attached hydrogens (tertiary/aromatic N) is 1. The lowest BCUT2D eigenvalue weighted by Crippen LogP contribution is -2.34. The fourth-order valence-corrected chi connectivity index (χ4v) is 12.6. The summed E-state index contributed by atoms with van der Waals surface area (Å²) < 4.78 is 0. The molecule has 0 heterocycles. The van der Waals surface area contributed by atoms with Crippen molar-refractivity contribution in [3.8, 4) is 33.4 Å². The van der Waals surface area contributed by atoms with Crippen molar-refractivity contribution in [2.45, 2.75) is 108 Å². The maximum absolute atomic E-state index is 2.59. The summed E-state index contributed by atoms with van der Waals surface area (Å²) in [5.41, 5.74) is 22.1. The van der Waals surface area contributed by atoms with E-state index in [9.17, 15) is 0 Å². The maximum Gasteiger partial charge on any atom is 0.0714 e. The Labute approximate surface area is 394 Å². The van der Waals surface area contributed by atoms with E-state index in [1.54, 1.807) is 0 Å². The summed E-state index contributed by atoms with van der Waals surface area (Å²) in [4.78, 5) is 2.55. The number of rotatable bonds is 7. The van der Waals surface area contributed by atoms with Gasteiger partial charge in [-0.3, -0.25) is 0 Å². The Morgan fingerprint density at radius 3 is 1.33 bits per heavy atom. The molecule has 0 atom stereocenters. The molecule has 3 aliphatic rings. The van der Waals surface area contributed by atoms with E-state index in [-0.39, 0.29) is 21.7 Å². The Balaban J connectivity index is 1.22. The number of hydrogen-bond acceptors (Lipinski definition) is 1. The highest BCUT2D eigenvalue weighted by Gasteiger charge is 2.48. The van der Waals surface area contributed by atoms with E-state index < -0.39 is 5.41 Å². The predicted molar refractivity (Wildman–Crippen MR) is 280 cm³/mol. The van der Waals surface area contributed by atoms with Gasteiger partial charge in [0.2, 0.25) is 0 Å². The van der Waals surface area contributed by atoms with Crippen LogP contribution in [0.25, 0.3) is 33.4 Å². The molecule has 66 heavy (non-hydrogen) atoms. The molecule has 8 aromatic rings. The van der Waals surface area contributed by atoms with E-state index in [1.807, 2.05) is 0 Å². The van der Waals surface area contributed by atoms with Crippen molar-refractivity contribution in [2.75, 3.05) is 4.90 Å². The van der Waals surface area contributed by atoms with E-state index in [0.717, 1.165) is 17.8 Å². The van der Waals surface area contributed by atoms with E-state index in [0.29, 0.717) is 0 Å². The third kappa shape index (κ3) is 6.48. The minimum absolute atomic E-state index is 0.0101. The lowest BCUT2D eigenvalue weighted by atomic mass is 9.61. The molecule has 0 amide bonds. The Hall–Kier alpha value is -6.44. The largest absolute Gasteiger partial charge is 0.310 e. The summed E-state index contributed by atoms with van der Waals surface area (Å²) >= 11 is 0. The molecule has 328 valence electrons. The zero-order valence-electron chi connectivity index (χ0n) is 40.2. The third-order valence-corrected chi connectivity index (χ3v) is 16.2. The summed E-state index contributed by atoms with van der Waals surface area (Å²) in [6, 6.07) is 71.6. The molecule has 1 heteroatoms. The van der Waals surface area contributed by atoms with Gasteiger partial charge in [-0.1, -0.05) is 207 Å². The van der Waals surface area contributed by atoms with Gasteiger partial charge in [-0.25, -0.2) is 0 Å². The van der Waals surface area contributed by atoms with Crippen LogP contribution in [-0.2, 0) is 27.1 Å². The molecule has 0 radical (unpaired) electrons. The van der Waals surface area contributed by atoms with Crippen molar-refractivity contribution in [3.63, 3.8) is 0 Å². The smallest absolute Gasteiger partial charge is 0.0714 e. The lowest BCUT2D eigenvalue weighted by molar-refractivity contribution is 0.333. The summed E-state index contributed by atoms with van der Waals surface area (Å²) in [5, 5.41) is 0. The second kappa shape index (κ2) is 15.3. The molecule has 1 nitrogen and oxygen atoms in total. The van der Waals surface area contributed by atoms with Crippen LogP contribution in [0.4, 0.5) is 17.1 Å². The van der Waals surface area contributed by atoms with Crippen molar-refractivity contribution in [3.05, 3.63) is 233 Å². The van der Waals surface area contributed by atoms with Crippen molar-refractivity contribution >= 4 is 17.1 Å². The van der Waals surface area contributed by atoms with Crippen LogP contribution in [0.15, 0.2) is 188 Å². The summed E-state index contributed by atoms with van der Waals surface area (Å²) in [7, 11) is 0. The molecule has 11 rings (SSSR count). The Kier molecular flexibility index (Phi) is 9.79. The van der Waals surface area contributed by atoms with Gasteiger partial charge in [0, 0.05) is 16.9 Å². The molecule has 0 saturated heterocycles. The van der Waals surface area contributed by atoms with Crippen LogP contribution >= 0.6 is 0 Å². The first-order chi connectivity index (χ1) is 31.7. The van der Waals surface area contributed by atoms with Crippen molar-refractivity contribution in [2.24, 2.45) is 0 Å². The average molecular weight is 858 g/mol. The van der Waals surface area contributed by atoms with Crippen LogP contribution in [0.3, 0.4) is 0 Å². The fourth-order valence-electron chi connectivity index (χ4n) is 12.6. The highest BCUT2D eigenvalue weighted by molar-refractivity contribution is 5.97. The van der Waals surface area contributed by atoms with Crippen LogP contribution in [0.1, 0.15) is 126 Å². The second-order valence-electron chi connectivity index (χ2n) is 22.2. The van der Waals surface area contributed by atoms with E-state index in [2.05, 4.69) is 248 Å². The van der Waals surface area contributed by atoms with Crippen LogP contribution in [0.5, 0.6) is 0 Å². The van der Waals surface area contributed by atoms with Gasteiger partial charge >= 0.3 is 0 Å². The highest BCUT2D eigenvalue weighted by atomic mass is 15.1. The molecule has 8 aromatic carbocycles. The number of fused-ring (bicyclic) bond motifs is 5. The Morgan fingerprint density at radius 1 is 0.318 bits per heavy atom. The SMILES string of the molecule is CC1(C)CCC(C)(C)c2c(-c3ccc(N(c4ccccc4)c4cc5c(cc4-c4cccc6c4C(C)(C)CCC6(C)C)-c4ccccc4C5(c4ccccc4)c4ccccc4)cc3)cccc21. The topological polar surface area (TPSA) is 3.24 Å². The normalized spacial score (nSPS) is 17.8. The Morgan fingerprint density at radius 2 is 0.758 bits per heavy atom. The molecule has 0 bridgehead atoms. The quantitative estimate of drug-likeness (QED) is 0.154. The van der Waals surface area contributed by atoms with Crippen molar-refractivity contribution < 1.29 is 0 Å². The lowest BCUT2D eigenvalue weighted by Gasteiger charge is -2.43. The molecular weight excluding hydrogens is 795 g/mol. The molecule has 0 aromatic heterocycles. The maximum atomic E-state index is 2.59. The first kappa shape index (κ1) is 42.2. The van der Waals surface area contributed by atoms with Gasteiger partial charge in [0.1, 0.15) is 0 Å². The summed E-state index contributed by atoms with van der Waals surface area (Å²) in [5.74, 6) is 0. The third-order valence-electron chi connectivity index (χ3n) is 16.2. The minimum atomic E-state index is -0.543. The number of anilines is 3. The van der Waals surface area contributed by atoms with E-state index >= 15 is 0 Å². The van der Waals surface area contributed by atoms with Crippen LogP contribution < -0.4 is 4.90 Å². The van der Waals surface area contributed by atoms with Crippen molar-refractivity contribution in [1.82, 2.24) is 0 Å². The van der Waals surface area contributed by atoms with Gasteiger partial charge in [-0.2, -0.15) is 0 Å². The zero-order chi connectivity index (χ0) is 45.6. The molecule has 0 N–H and O–H groups in total. The summed E-state index contributed by atoms with van der Waals surface area (Å²) in [6.07, 6.45) is 4.68. The second-order valence-corrected chi connectivity index (χ2v) is 22.2. The predicted octanol–water partition coefficient (Wildman–Crippen LogP) is 17.6. The standard InChI is InChI=1S/C65H63N/c1-61(2)38-40-63(5,6)59-49(29-20-32-55(59)61)44-34-36-48(37-35-44)66(47-26-16-11-17-27-47)58-43-57-52(42-53(58)51-30-21-33-56-60(51)64(7,8)41-39-62(56,3)4)50-28-18-19-31-54(50)65(57,45-22-12-9-13-23-45)46-24-14-10-15-25-46/h9-37,42-43H,38-41H2,1-8H3. The van der Waals surface area contributed by atoms with Gasteiger partial charge in [-0.05, 0) is 156 Å². The first-order valence-corrected chi connectivity index (χ1v) is 24.4. The van der Waals surface area contributed by atoms with Crippen LogP contribution in [0, 0.1) is 0 Å². The van der Waals surface area contributed by atoms with Crippen LogP contribution in [0.2, 0.25) is 0 Å². The molecular formula is C65H63N. The van der Waals surface area contributed by atoms with Gasteiger partial charge < -0.3 is 4.90 Å². The first-order valence-electron chi connectivity index (χ1n) is 24.4. The van der Waals surface area contributed by atoms with Gasteiger partial charge in [0.15, 0.2) is 0 Å². The number of hydrogen-bond donors (Lipinski definition) is 0. The monoisotopic (exact) mass is 857 g/mol. The molecule has 0 unspecified atom stereocenters.